The zero-order valence-corrected chi connectivity index (χ0v) is 19.9. The molecule has 1 unspecified atom stereocenters. The van der Waals surface area contributed by atoms with Crippen LogP contribution in [0.3, 0.4) is 0 Å². The molecule has 2 heterocycles. The van der Waals surface area contributed by atoms with Gasteiger partial charge in [0.1, 0.15) is 11.5 Å². The molecule has 0 aliphatic carbocycles. The normalized spacial score (nSPS) is 15.1. The fraction of sp³-hybridized carbons (Fsp3) is 0.222. The maximum atomic E-state index is 13.6. The number of hydrogen-bond donors (Lipinski definition) is 2. The Morgan fingerprint density at radius 1 is 1.15 bits per heavy atom. The Bertz CT molecular complexity index is 1330. The Labute approximate surface area is 203 Å². The first-order valence-electron chi connectivity index (χ1n) is 11.3. The fourth-order valence-electron chi connectivity index (χ4n) is 4.65. The fourth-order valence-corrected chi connectivity index (χ4v) is 4.82. The lowest BCUT2D eigenvalue weighted by Gasteiger charge is -2.36. The number of nitrogens with zero attached hydrogens (tertiary/aromatic N) is 1. The van der Waals surface area contributed by atoms with Crippen molar-refractivity contribution < 1.29 is 14.3 Å². The van der Waals surface area contributed by atoms with Crippen molar-refractivity contribution in [2.45, 2.75) is 19.4 Å². The van der Waals surface area contributed by atoms with E-state index < -0.39 is 0 Å². The molecular formula is C27H26ClN3O3. The van der Waals surface area contributed by atoms with Crippen molar-refractivity contribution in [2.24, 2.45) is 0 Å². The van der Waals surface area contributed by atoms with E-state index in [1.54, 1.807) is 7.11 Å². The highest BCUT2D eigenvalue weighted by Crippen LogP contribution is 2.40. The summed E-state index contributed by atoms with van der Waals surface area (Å²) in [6.45, 7) is 3.00. The minimum absolute atomic E-state index is 0.185. The van der Waals surface area contributed by atoms with Crippen LogP contribution in [0.4, 0.5) is 10.5 Å². The van der Waals surface area contributed by atoms with Gasteiger partial charge in [0, 0.05) is 28.2 Å². The largest absolute Gasteiger partial charge is 0.497 e. The molecule has 0 spiro atoms. The average Bonchev–Trinajstić information content (AvgIpc) is 3.22. The molecule has 0 radical (unpaired) electrons. The molecule has 4 aromatic rings. The number of carbonyl (C=O) groups is 1. The zero-order chi connectivity index (χ0) is 23.7. The number of halogens is 1. The highest BCUT2D eigenvalue weighted by atomic mass is 35.5. The summed E-state index contributed by atoms with van der Waals surface area (Å²) < 4.78 is 11.1. The lowest BCUT2D eigenvalue weighted by molar-refractivity contribution is 0.193. The first kappa shape index (κ1) is 22.2. The lowest BCUT2D eigenvalue weighted by Crippen LogP contribution is -2.43. The smallest absolute Gasteiger partial charge is 0.322 e. The molecule has 1 aromatic heterocycles. The molecule has 3 aromatic carbocycles. The average molecular weight is 476 g/mol. The van der Waals surface area contributed by atoms with E-state index in [9.17, 15) is 4.79 Å². The van der Waals surface area contributed by atoms with E-state index in [1.165, 1.54) is 5.56 Å². The number of fused-ring (bicyclic) bond motifs is 3. The number of amides is 2. The lowest BCUT2D eigenvalue weighted by atomic mass is 9.92. The number of carbonyl (C=O) groups excluding carboxylic acids is 1. The molecule has 6 nitrogen and oxygen atoms in total. The second kappa shape index (κ2) is 9.31. The highest BCUT2D eigenvalue weighted by Gasteiger charge is 2.35. The third-order valence-electron chi connectivity index (χ3n) is 6.21. The summed E-state index contributed by atoms with van der Waals surface area (Å²) >= 11 is 6.30. The summed E-state index contributed by atoms with van der Waals surface area (Å²) in [6, 6.07) is 20.7. The number of rotatable bonds is 5. The van der Waals surface area contributed by atoms with Crippen LogP contribution < -0.4 is 14.8 Å². The number of H-pyrrole nitrogens is 1. The molecule has 0 saturated heterocycles. The van der Waals surface area contributed by atoms with E-state index in [2.05, 4.69) is 10.3 Å². The Balaban J connectivity index is 1.56. The van der Waals surface area contributed by atoms with Crippen molar-refractivity contribution in [3.63, 3.8) is 0 Å². The number of aromatic nitrogens is 1. The number of urea groups is 1. The van der Waals surface area contributed by atoms with Gasteiger partial charge in [-0.05, 0) is 66.9 Å². The van der Waals surface area contributed by atoms with Gasteiger partial charge in [0.15, 0.2) is 0 Å². The van der Waals surface area contributed by atoms with Crippen LogP contribution in [-0.2, 0) is 6.42 Å². The number of ether oxygens (including phenoxy) is 2. The Morgan fingerprint density at radius 2 is 1.94 bits per heavy atom. The summed E-state index contributed by atoms with van der Waals surface area (Å²) in [4.78, 5) is 19.0. The molecule has 174 valence electrons. The van der Waals surface area contributed by atoms with Gasteiger partial charge in [-0.3, -0.25) is 0 Å². The van der Waals surface area contributed by atoms with Crippen molar-refractivity contribution >= 4 is 34.2 Å². The molecule has 34 heavy (non-hydrogen) atoms. The minimum atomic E-state index is -0.292. The summed E-state index contributed by atoms with van der Waals surface area (Å²) in [5.41, 5.74) is 4.85. The monoisotopic (exact) mass is 475 g/mol. The van der Waals surface area contributed by atoms with Gasteiger partial charge < -0.3 is 24.7 Å². The topological polar surface area (TPSA) is 66.6 Å². The van der Waals surface area contributed by atoms with Crippen LogP contribution in [0.15, 0.2) is 66.7 Å². The number of anilines is 1. The molecule has 2 N–H and O–H groups in total. The van der Waals surface area contributed by atoms with Gasteiger partial charge in [-0.2, -0.15) is 0 Å². The molecule has 0 saturated carbocycles. The molecule has 5 rings (SSSR count). The minimum Gasteiger partial charge on any atom is -0.497 e. The van der Waals surface area contributed by atoms with Gasteiger partial charge in [-0.25, -0.2) is 4.79 Å². The third kappa shape index (κ3) is 4.05. The summed E-state index contributed by atoms with van der Waals surface area (Å²) in [6.07, 6.45) is 0.725. The molecule has 2 amide bonds. The molecule has 0 fully saturated rings. The first-order chi connectivity index (χ1) is 16.6. The van der Waals surface area contributed by atoms with Crippen LogP contribution in [-0.4, -0.2) is 36.2 Å². The number of nitrogens with one attached hydrogen (secondary N) is 2. The van der Waals surface area contributed by atoms with Crippen LogP contribution in [0.1, 0.15) is 29.8 Å². The van der Waals surface area contributed by atoms with Crippen molar-refractivity contribution in [2.75, 3.05) is 25.6 Å². The molecule has 0 bridgehead atoms. The quantitative estimate of drug-likeness (QED) is 0.350. The molecule has 7 heteroatoms. The second-order valence-corrected chi connectivity index (χ2v) is 8.62. The first-order valence-corrected chi connectivity index (χ1v) is 11.7. The summed E-state index contributed by atoms with van der Waals surface area (Å²) in [5.74, 6) is 1.42. The van der Waals surface area contributed by atoms with Crippen LogP contribution in [0, 0.1) is 0 Å². The molecule has 1 aliphatic rings. The molecular weight excluding hydrogens is 450 g/mol. The number of methoxy groups -OCH3 is 1. The van der Waals surface area contributed by atoms with E-state index in [0.29, 0.717) is 29.6 Å². The number of aromatic amines is 1. The Morgan fingerprint density at radius 3 is 2.71 bits per heavy atom. The van der Waals surface area contributed by atoms with Gasteiger partial charge in [0.05, 0.1) is 25.4 Å². The Hall–Kier alpha value is -3.64. The van der Waals surface area contributed by atoms with Crippen LogP contribution >= 0.6 is 11.6 Å². The maximum Gasteiger partial charge on any atom is 0.322 e. The number of hydrogen-bond acceptors (Lipinski definition) is 3. The van der Waals surface area contributed by atoms with Gasteiger partial charge in [-0.1, -0.05) is 35.9 Å². The van der Waals surface area contributed by atoms with Gasteiger partial charge in [0.2, 0.25) is 0 Å². The molecule has 1 aliphatic heterocycles. The summed E-state index contributed by atoms with van der Waals surface area (Å²) in [5, 5.41) is 4.86. The van der Waals surface area contributed by atoms with Crippen LogP contribution in [0.2, 0.25) is 5.02 Å². The van der Waals surface area contributed by atoms with Gasteiger partial charge in [0.25, 0.3) is 0 Å². The predicted molar refractivity (Wildman–Crippen MR) is 135 cm³/mol. The number of benzene rings is 3. The van der Waals surface area contributed by atoms with E-state index in [1.807, 2.05) is 78.6 Å². The predicted octanol–water partition coefficient (Wildman–Crippen LogP) is 6.41. The van der Waals surface area contributed by atoms with E-state index in [4.69, 9.17) is 21.1 Å². The van der Waals surface area contributed by atoms with Gasteiger partial charge in [-0.15, -0.1) is 0 Å². The van der Waals surface area contributed by atoms with Crippen molar-refractivity contribution in [3.05, 3.63) is 88.6 Å². The van der Waals surface area contributed by atoms with E-state index in [0.717, 1.165) is 34.3 Å². The van der Waals surface area contributed by atoms with Crippen molar-refractivity contribution in [1.82, 2.24) is 9.88 Å². The highest BCUT2D eigenvalue weighted by molar-refractivity contribution is 6.31. The third-order valence-corrected chi connectivity index (χ3v) is 6.45. The maximum absolute atomic E-state index is 13.6. The number of para-hydroxylation sites is 2. The van der Waals surface area contributed by atoms with Crippen LogP contribution in [0.25, 0.3) is 10.9 Å². The van der Waals surface area contributed by atoms with E-state index in [-0.39, 0.29) is 12.1 Å². The van der Waals surface area contributed by atoms with Gasteiger partial charge >= 0.3 is 6.03 Å². The van der Waals surface area contributed by atoms with Crippen molar-refractivity contribution in [3.8, 4) is 11.5 Å². The second-order valence-electron chi connectivity index (χ2n) is 8.19. The van der Waals surface area contributed by atoms with E-state index >= 15 is 0 Å². The van der Waals surface area contributed by atoms with Crippen molar-refractivity contribution in [1.29, 1.82) is 0 Å². The van der Waals surface area contributed by atoms with Crippen LogP contribution in [0.5, 0.6) is 11.5 Å². The molecule has 1 atom stereocenters. The Kier molecular flexibility index (Phi) is 6.07. The zero-order valence-electron chi connectivity index (χ0n) is 19.1. The summed E-state index contributed by atoms with van der Waals surface area (Å²) in [7, 11) is 1.64. The standard InChI is InChI=1S/C27H26ClN3O3/c1-3-34-24-7-5-4-6-23(24)30-27(32)31-15-14-20-21-16-18(28)10-13-22(21)29-25(20)26(31)17-8-11-19(33-2)12-9-17/h4-13,16,26,29H,3,14-15H2,1-2H3,(H,30,32). The SMILES string of the molecule is CCOc1ccccc1NC(=O)N1CCc2c([nH]c3ccc(Cl)cc23)C1c1ccc(OC)cc1.